The monoisotopic (exact) mass is 339 g/mol. The molecule has 130 valence electrons. The van der Waals surface area contributed by atoms with Crippen LogP contribution in [0.15, 0.2) is 36.4 Å². The topological polar surface area (TPSA) is 55.8 Å². The first-order valence-corrected chi connectivity index (χ1v) is 8.17. The van der Waals surface area contributed by atoms with E-state index < -0.39 is 0 Å². The summed E-state index contributed by atoms with van der Waals surface area (Å²) in [6.07, 6.45) is 0.742. The lowest BCUT2D eigenvalue weighted by atomic mass is 9.95. The summed E-state index contributed by atoms with van der Waals surface area (Å²) in [7, 11) is 3.16. The predicted molar refractivity (Wildman–Crippen MR) is 94.4 cm³/mol. The normalized spacial score (nSPS) is 13.2. The van der Waals surface area contributed by atoms with Crippen LogP contribution in [0.2, 0.25) is 0 Å². The molecule has 2 aromatic rings. The van der Waals surface area contributed by atoms with Gasteiger partial charge in [-0.15, -0.1) is 0 Å². The quantitative estimate of drug-likeness (QED) is 0.803. The lowest BCUT2D eigenvalue weighted by molar-refractivity contribution is 0.0734. The van der Waals surface area contributed by atoms with Gasteiger partial charge in [-0.3, -0.25) is 9.59 Å². The van der Waals surface area contributed by atoms with E-state index in [0.29, 0.717) is 30.0 Å². The molecule has 1 aliphatic rings. The summed E-state index contributed by atoms with van der Waals surface area (Å²) in [5, 5.41) is 0. The molecule has 25 heavy (non-hydrogen) atoms. The molecule has 1 amide bonds. The third-order valence-corrected chi connectivity index (χ3v) is 4.54. The van der Waals surface area contributed by atoms with Crippen LogP contribution in [0.25, 0.3) is 0 Å². The van der Waals surface area contributed by atoms with Crippen LogP contribution in [0, 0.1) is 0 Å². The van der Waals surface area contributed by atoms with E-state index in [-0.39, 0.29) is 11.7 Å². The van der Waals surface area contributed by atoms with Crippen LogP contribution in [0.1, 0.15) is 38.8 Å². The van der Waals surface area contributed by atoms with Crippen LogP contribution in [0.3, 0.4) is 0 Å². The average molecular weight is 339 g/mol. The van der Waals surface area contributed by atoms with Crippen molar-refractivity contribution in [1.29, 1.82) is 0 Å². The SMILES string of the molecule is COc1ccc(C(=O)N2CCc3cc(OC)c(C(C)=O)cc3C2)cc1. The predicted octanol–water partition coefficient (Wildman–Crippen LogP) is 3.10. The second kappa shape index (κ2) is 6.97. The van der Waals surface area contributed by atoms with Crippen LogP contribution < -0.4 is 9.47 Å². The number of hydrogen-bond donors (Lipinski definition) is 0. The zero-order chi connectivity index (χ0) is 18.0. The minimum absolute atomic E-state index is 0.0199. The number of ether oxygens (including phenoxy) is 2. The molecule has 0 bridgehead atoms. The fourth-order valence-electron chi connectivity index (χ4n) is 3.12. The largest absolute Gasteiger partial charge is 0.497 e. The van der Waals surface area contributed by atoms with Crippen LogP contribution in [-0.2, 0) is 13.0 Å². The second-order valence-electron chi connectivity index (χ2n) is 6.08. The van der Waals surface area contributed by atoms with Crippen molar-refractivity contribution in [3.05, 3.63) is 58.7 Å². The average Bonchev–Trinajstić information content (AvgIpc) is 2.65. The molecule has 0 aromatic heterocycles. The van der Waals surface area contributed by atoms with Crippen molar-refractivity contribution in [1.82, 2.24) is 4.90 Å². The molecule has 3 rings (SSSR count). The Labute approximate surface area is 147 Å². The number of Topliss-reactive ketones (excluding diaryl/α,β-unsaturated/α-hetero) is 1. The summed E-state index contributed by atoms with van der Waals surface area (Å²) in [6, 6.07) is 10.9. The first kappa shape index (κ1) is 17.0. The Kier molecular flexibility index (Phi) is 4.74. The lowest BCUT2D eigenvalue weighted by Crippen LogP contribution is -2.36. The molecule has 5 nitrogen and oxygen atoms in total. The van der Waals surface area contributed by atoms with E-state index in [4.69, 9.17) is 9.47 Å². The first-order valence-electron chi connectivity index (χ1n) is 8.17. The van der Waals surface area contributed by atoms with E-state index in [0.717, 1.165) is 23.3 Å². The minimum atomic E-state index is -0.0433. The maximum Gasteiger partial charge on any atom is 0.254 e. The Hall–Kier alpha value is -2.82. The summed E-state index contributed by atoms with van der Waals surface area (Å²) < 4.78 is 10.5. The molecule has 1 aliphatic heterocycles. The maximum absolute atomic E-state index is 12.7. The molecular weight excluding hydrogens is 318 g/mol. The standard InChI is InChI=1S/C20H21NO4/c1-13(22)18-10-16-12-21(9-8-15(16)11-19(18)25-3)20(23)14-4-6-17(24-2)7-5-14/h4-7,10-11H,8-9,12H2,1-3H3. The van der Waals surface area contributed by atoms with E-state index in [1.165, 1.54) is 6.92 Å². The minimum Gasteiger partial charge on any atom is -0.497 e. The van der Waals surface area contributed by atoms with Gasteiger partial charge >= 0.3 is 0 Å². The molecule has 0 aliphatic carbocycles. The van der Waals surface area contributed by atoms with Crippen LogP contribution in [-0.4, -0.2) is 37.4 Å². The van der Waals surface area contributed by atoms with Crippen molar-refractivity contribution < 1.29 is 19.1 Å². The molecule has 0 fully saturated rings. The van der Waals surface area contributed by atoms with Crippen LogP contribution >= 0.6 is 0 Å². The van der Waals surface area contributed by atoms with E-state index in [1.54, 1.807) is 43.4 Å². The number of carbonyl (C=O) groups excluding carboxylic acids is 2. The van der Waals surface area contributed by atoms with Gasteiger partial charge in [0.25, 0.3) is 5.91 Å². The third-order valence-electron chi connectivity index (χ3n) is 4.54. The molecule has 0 unspecified atom stereocenters. The molecule has 2 aromatic carbocycles. The van der Waals surface area contributed by atoms with Gasteiger partial charge < -0.3 is 14.4 Å². The molecule has 0 saturated carbocycles. The number of nitrogens with zero attached hydrogens (tertiary/aromatic N) is 1. The Balaban J connectivity index is 1.85. The highest BCUT2D eigenvalue weighted by Crippen LogP contribution is 2.29. The van der Waals surface area contributed by atoms with Crippen molar-refractivity contribution in [3.63, 3.8) is 0 Å². The zero-order valence-electron chi connectivity index (χ0n) is 14.7. The zero-order valence-corrected chi connectivity index (χ0v) is 14.7. The highest BCUT2D eigenvalue weighted by molar-refractivity contribution is 5.97. The van der Waals surface area contributed by atoms with Crippen molar-refractivity contribution >= 4 is 11.7 Å². The van der Waals surface area contributed by atoms with E-state index in [9.17, 15) is 9.59 Å². The molecule has 0 N–H and O–H groups in total. The Morgan fingerprint density at radius 2 is 1.72 bits per heavy atom. The van der Waals surface area contributed by atoms with Crippen molar-refractivity contribution in [3.8, 4) is 11.5 Å². The van der Waals surface area contributed by atoms with Gasteiger partial charge in [0.1, 0.15) is 11.5 Å². The van der Waals surface area contributed by atoms with Gasteiger partial charge in [0, 0.05) is 18.7 Å². The molecule has 0 spiro atoms. The summed E-state index contributed by atoms with van der Waals surface area (Å²) in [4.78, 5) is 26.4. The number of fused-ring (bicyclic) bond motifs is 1. The Bertz CT molecular complexity index is 811. The smallest absolute Gasteiger partial charge is 0.254 e. The Morgan fingerprint density at radius 3 is 2.32 bits per heavy atom. The van der Waals surface area contributed by atoms with Crippen LogP contribution in [0.4, 0.5) is 0 Å². The fourth-order valence-corrected chi connectivity index (χ4v) is 3.12. The molecule has 5 heteroatoms. The molecular formula is C20H21NO4. The number of carbonyl (C=O) groups is 2. The van der Waals surface area contributed by atoms with Crippen molar-refractivity contribution in [2.75, 3.05) is 20.8 Å². The van der Waals surface area contributed by atoms with Gasteiger partial charge in [0.15, 0.2) is 5.78 Å². The number of ketones is 1. The van der Waals surface area contributed by atoms with Gasteiger partial charge in [-0.2, -0.15) is 0 Å². The lowest BCUT2D eigenvalue weighted by Gasteiger charge is -2.29. The number of rotatable bonds is 4. The van der Waals surface area contributed by atoms with Crippen molar-refractivity contribution in [2.45, 2.75) is 19.9 Å². The summed E-state index contributed by atoms with van der Waals surface area (Å²) in [6.45, 7) is 2.65. The highest BCUT2D eigenvalue weighted by atomic mass is 16.5. The summed E-state index contributed by atoms with van der Waals surface area (Å²) in [5.41, 5.74) is 3.31. The van der Waals surface area contributed by atoms with Gasteiger partial charge in [-0.25, -0.2) is 0 Å². The van der Waals surface area contributed by atoms with Gasteiger partial charge in [-0.1, -0.05) is 0 Å². The first-order chi connectivity index (χ1) is 12.0. The van der Waals surface area contributed by atoms with Crippen LogP contribution in [0.5, 0.6) is 11.5 Å². The van der Waals surface area contributed by atoms with Gasteiger partial charge in [-0.05, 0) is 60.9 Å². The third kappa shape index (κ3) is 3.36. The highest BCUT2D eigenvalue weighted by Gasteiger charge is 2.24. The van der Waals surface area contributed by atoms with Crippen molar-refractivity contribution in [2.24, 2.45) is 0 Å². The number of benzene rings is 2. The Morgan fingerprint density at radius 1 is 1.00 bits per heavy atom. The van der Waals surface area contributed by atoms with E-state index in [2.05, 4.69) is 0 Å². The second-order valence-corrected chi connectivity index (χ2v) is 6.08. The van der Waals surface area contributed by atoms with E-state index >= 15 is 0 Å². The van der Waals surface area contributed by atoms with Gasteiger partial charge in [0.05, 0.1) is 19.8 Å². The van der Waals surface area contributed by atoms with E-state index in [1.807, 2.05) is 12.1 Å². The van der Waals surface area contributed by atoms with Gasteiger partial charge in [0.2, 0.25) is 0 Å². The maximum atomic E-state index is 12.7. The summed E-state index contributed by atoms with van der Waals surface area (Å²) in [5.74, 6) is 1.26. The molecule has 0 radical (unpaired) electrons. The number of hydrogen-bond acceptors (Lipinski definition) is 4. The molecule has 0 saturated heterocycles. The summed E-state index contributed by atoms with van der Waals surface area (Å²) >= 11 is 0. The number of methoxy groups -OCH3 is 2. The molecule has 1 heterocycles. The molecule has 0 atom stereocenters. The number of amides is 1. The fraction of sp³-hybridized carbons (Fsp3) is 0.300.